The van der Waals surface area contributed by atoms with Gasteiger partial charge in [-0.25, -0.2) is 0 Å². The molecule has 0 radical (unpaired) electrons. The molecular weight excluding hydrogens is 358 g/mol. The van der Waals surface area contributed by atoms with Crippen molar-refractivity contribution in [2.75, 3.05) is 0 Å². The average molecular weight is 392 g/mol. The van der Waals surface area contributed by atoms with E-state index < -0.39 is 0 Å². The first-order valence-corrected chi connectivity index (χ1v) is 11.2. The van der Waals surface area contributed by atoms with Crippen molar-refractivity contribution in [2.45, 2.75) is 76.7 Å². The quantitative estimate of drug-likeness (QED) is 0.327. The van der Waals surface area contributed by atoms with Crippen molar-refractivity contribution < 1.29 is 9.53 Å². The third-order valence-electron chi connectivity index (χ3n) is 6.59. The second-order valence-electron chi connectivity index (χ2n) is 8.49. The van der Waals surface area contributed by atoms with Crippen LogP contribution in [-0.2, 0) is 16.0 Å². The van der Waals surface area contributed by atoms with Crippen LogP contribution in [0.3, 0.4) is 0 Å². The molecule has 0 aliphatic heterocycles. The van der Waals surface area contributed by atoms with Gasteiger partial charge in [0.15, 0.2) is 0 Å². The van der Waals surface area contributed by atoms with Crippen LogP contribution in [0.4, 0.5) is 0 Å². The SMILES string of the molecule is CCc1ccc([C@H]2CC[C@H](C(=O)O[C@H]3CC[C@H](C=CC=CC#N)CC3)CC2)cc1. The molecule has 154 valence electrons. The van der Waals surface area contributed by atoms with Gasteiger partial charge in [-0.05, 0) is 80.8 Å². The fourth-order valence-corrected chi connectivity index (χ4v) is 4.67. The van der Waals surface area contributed by atoms with Crippen LogP contribution in [0.15, 0.2) is 48.6 Å². The molecule has 0 N–H and O–H groups in total. The Labute approximate surface area is 175 Å². The summed E-state index contributed by atoms with van der Waals surface area (Å²) in [6.07, 6.45) is 16.6. The van der Waals surface area contributed by atoms with Gasteiger partial charge in [-0.3, -0.25) is 4.79 Å². The highest BCUT2D eigenvalue weighted by atomic mass is 16.5. The molecular formula is C26H33NO2. The minimum absolute atomic E-state index is 0.0285. The number of nitriles is 1. The average Bonchev–Trinajstić information content (AvgIpc) is 2.78. The number of rotatable bonds is 6. The number of carbonyl (C=O) groups excluding carboxylic acids is 1. The lowest BCUT2D eigenvalue weighted by Gasteiger charge is -2.31. The number of allylic oxidation sites excluding steroid dienone is 4. The summed E-state index contributed by atoms with van der Waals surface area (Å²) in [6.45, 7) is 2.18. The molecule has 1 aromatic carbocycles. The summed E-state index contributed by atoms with van der Waals surface area (Å²) in [5.74, 6) is 1.22. The van der Waals surface area contributed by atoms with Gasteiger partial charge in [0.25, 0.3) is 0 Å². The lowest BCUT2D eigenvalue weighted by molar-refractivity contribution is -0.157. The molecule has 0 bridgehead atoms. The van der Waals surface area contributed by atoms with Gasteiger partial charge in [0.2, 0.25) is 0 Å². The van der Waals surface area contributed by atoms with Crippen LogP contribution in [-0.4, -0.2) is 12.1 Å². The zero-order valence-electron chi connectivity index (χ0n) is 17.6. The van der Waals surface area contributed by atoms with E-state index in [0.29, 0.717) is 11.8 Å². The second-order valence-corrected chi connectivity index (χ2v) is 8.49. The van der Waals surface area contributed by atoms with Gasteiger partial charge in [-0.1, -0.05) is 49.4 Å². The lowest BCUT2D eigenvalue weighted by atomic mass is 9.78. The van der Waals surface area contributed by atoms with Crippen LogP contribution in [0.1, 0.15) is 75.3 Å². The molecule has 2 fully saturated rings. The van der Waals surface area contributed by atoms with Crippen LogP contribution in [0, 0.1) is 23.2 Å². The summed E-state index contributed by atoms with van der Waals surface area (Å²) in [6, 6.07) is 11.0. The van der Waals surface area contributed by atoms with Crippen LogP contribution in [0.2, 0.25) is 0 Å². The van der Waals surface area contributed by atoms with Crippen molar-refractivity contribution in [3.05, 3.63) is 59.7 Å². The molecule has 1 aromatic rings. The Kier molecular flexibility index (Phi) is 8.11. The monoisotopic (exact) mass is 391 g/mol. The summed E-state index contributed by atoms with van der Waals surface area (Å²) < 4.78 is 5.87. The van der Waals surface area contributed by atoms with E-state index in [4.69, 9.17) is 10.00 Å². The largest absolute Gasteiger partial charge is 0.462 e. The van der Waals surface area contributed by atoms with Crippen molar-refractivity contribution in [1.29, 1.82) is 5.26 Å². The third kappa shape index (κ3) is 6.32. The Balaban J connectivity index is 1.39. The van der Waals surface area contributed by atoms with E-state index in [1.54, 1.807) is 6.08 Å². The van der Waals surface area contributed by atoms with E-state index in [1.807, 2.05) is 12.1 Å². The Hall–Kier alpha value is -2.34. The van der Waals surface area contributed by atoms with Crippen LogP contribution in [0.25, 0.3) is 0 Å². The van der Waals surface area contributed by atoms with Gasteiger partial charge in [-0.15, -0.1) is 0 Å². The third-order valence-corrected chi connectivity index (χ3v) is 6.59. The molecule has 29 heavy (non-hydrogen) atoms. The molecule has 0 unspecified atom stereocenters. The Morgan fingerprint density at radius 2 is 1.72 bits per heavy atom. The summed E-state index contributed by atoms with van der Waals surface area (Å²) in [5.41, 5.74) is 2.81. The van der Waals surface area contributed by atoms with Gasteiger partial charge in [-0.2, -0.15) is 5.26 Å². The highest BCUT2D eigenvalue weighted by Crippen LogP contribution is 2.37. The fourth-order valence-electron chi connectivity index (χ4n) is 4.67. The number of carbonyl (C=O) groups is 1. The van der Waals surface area contributed by atoms with Gasteiger partial charge in [0, 0.05) is 6.08 Å². The van der Waals surface area contributed by atoms with Crippen molar-refractivity contribution in [1.82, 2.24) is 0 Å². The van der Waals surface area contributed by atoms with Crippen molar-refractivity contribution in [3.63, 3.8) is 0 Å². The number of benzene rings is 1. The molecule has 3 rings (SSSR count). The second kappa shape index (κ2) is 11.0. The maximum Gasteiger partial charge on any atom is 0.309 e. The summed E-state index contributed by atoms with van der Waals surface area (Å²) in [5, 5.41) is 8.50. The Morgan fingerprint density at radius 3 is 2.34 bits per heavy atom. The highest BCUT2D eigenvalue weighted by Gasteiger charge is 2.30. The molecule has 2 aliphatic carbocycles. The van der Waals surface area contributed by atoms with Crippen LogP contribution < -0.4 is 0 Å². The molecule has 0 amide bonds. The van der Waals surface area contributed by atoms with Crippen LogP contribution in [0.5, 0.6) is 0 Å². The highest BCUT2D eigenvalue weighted by molar-refractivity contribution is 5.72. The maximum atomic E-state index is 12.6. The predicted molar refractivity (Wildman–Crippen MR) is 116 cm³/mol. The first kappa shape index (κ1) is 21.4. The van der Waals surface area contributed by atoms with E-state index in [2.05, 4.69) is 37.3 Å². The Bertz CT molecular complexity index is 740. The van der Waals surface area contributed by atoms with E-state index in [1.165, 1.54) is 17.2 Å². The predicted octanol–water partition coefficient (Wildman–Crippen LogP) is 6.26. The standard InChI is InChI=1S/C26H33NO2/c1-2-20-7-11-22(12-8-20)23-13-15-24(16-14-23)26(28)29-25-17-9-21(10-18-25)6-4-3-5-19-27/h3-8,11-12,21,23-25H,2,9-10,13-18H2,1H3/t21-,23-,24-,25-. The number of hydrogen-bond donors (Lipinski definition) is 0. The van der Waals surface area contributed by atoms with Gasteiger partial charge >= 0.3 is 5.97 Å². The summed E-state index contributed by atoms with van der Waals surface area (Å²) >= 11 is 0. The van der Waals surface area contributed by atoms with E-state index in [-0.39, 0.29) is 18.0 Å². The zero-order valence-corrected chi connectivity index (χ0v) is 17.6. The van der Waals surface area contributed by atoms with Gasteiger partial charge in [0.1, 0.15) is 6.10 Å². The van der Waals surface area contributed by atoms with E-state index >= 15 is 0 Å². The summed E-state index contributed by atoms with van der Waals surface area (Å²) in [7, 11) is 0. The molecule has 2 saturated carbocycles. The normalized spacial score (nSPS) is 27.7. The number of aryl methyl sites for hydroxylation is 1. The van der Waals surface area contributed by atoms with Crippen molar-refractivity contribution in [2.24, 2.45) is 11.8 Å². The maximum absolute atomic E-state index is 12.6. The number of esters is 1. The first-order chi connectivity index (χ1) is 14.2. The van der Waals surface area contributed by atoms with Crippen molar-refractivity contribution in [3.8, 4) is 6.07 Å². The minimum Gasteiger partial charge on any atom is -0.462 e. The molecule has 3 nitrogen and oxygen atoms in total. The topological polar surface area (TPSA) is 50.1 Å². The van der Waals surface area contributed by atoms with Crippen molar-refractivity contribution >= 4 is 5.97 Å². The number of ether oxygens (including phenoxy) is 1. The van der Waals surface area contributed by atoms with Gasteiger partial charge in [0.05, 0.1) is 12.0 Å². The van der Waals surface area contributed by atoms with Crippen LogP contribution >= 0.6 is 0 Å². The molecule has 0 spiro atoms. The molecule has 0 atom stereocenters. The Morgan fingerprint density at radius 1 is 1.03 bits per heavy atom. The molecule has 3 heteroatoms. The zero-order chi connectivity index (χ0) is 20.5. The van der Waals surface area contributed by atoms with E-state index in [0.717, 1.165) is 57.8 Å². The van der Waals surface area contributed by atoms with Gasteiger partial charge < -0.3 is 4.74 Å². The smallest absolute Gasteiger partial charge is 0.309 e. The molecule has 0 aromatic heterocycles. The molecule has 2 aliphatic rings. The minimum atomic E-state index is 0.0285. The molecule has 0 heterocycles. The summed E-state index contributed by atoms with van der Waals surface area (Å²) in [4.78, 5) is 12.6. The molecule has 0 saturated heterocycles. The number of nitrogens with zero attached hydrogens (tertiary/aromatic N) is 1. The van der Waals surface area contributed by atoms with E-state index in [9.17, 15) is 4.79 Å². The number of hydrogen-bond acceptors (Lipinski definition) is 3. The fraction of sp³-hybridized carbons (Fsp3) is 0.538. The first-order valence-electron chi connectivity index (χ1n) is 11.2. The lowest BCUT2D eigenvalue weighted by Crippen LogP contribution is -2.29.